The van der Waals surface area contributed by atoms with Crippen molar-refractivity contribution in [2.24, 2.45) is 5.92 Å². The van der Waals surface area contributed by atoms with Gasteiger partial charge in [0.1, 0.15) is 11.8 Å². The van der Waals surface area contributed by atoms with Crippen molar-refractivity contribution in [2.45, 2.75) is 33.7 Å². The standard InChI is InChI=1S/C20H33N3O2/c1-5-22(6-2)20(24)19(23-13-11-21-12-14-23)17-7-9-18(10-8-17)25-15-16(3)4/h7-10,16,19,21H,5-6,11-15H2,1-4H3. The number of benzene rings is 1. The highest BCUT2D eigenvalue weighted by Gasteiger charge is 2.31. The molecule has 1 aliphatic rings. The van der Waals surface area contributed by atoms with Gasteiger partial charge in [0.05, 0.1) is 6.61 Å². The molecule has 0 aliphatic carbocycles. The topological polar surface area (TPSA) is 44.8 Å². The van der Waals surface area contributed by atoms with Crippen molar-refractivity contribution >= 4 is 5.91 Å². The van der Waals surface area contributed by atoms with Crippen LogP contribution >= 0.6 is 0 Å². The number of piperazine rings is 1. The van der Waals surface area contributed by atoms with Gasteiger partial charge in [-0.2, -0.15) is 0 Å². The molecule has 1 heterocycles. The average molecular weight is 348 g/mol. The number of amides is 1. The summed E-state index contributed by atoms with van der Waals surface area (Å²) in [5.41, 5.74) is 1.05. The lowest BCUT2D eigenvalue weighted by Crippen LogP contribution is -2.50. The molecule has 1 N–H and O–H groups in total. The molecule has 1 fully saturated rings. The van der Waals surface area contributed by atoms with Crippen LogP contribution in [0, 0.1) is 5.92 Å². The molecule has 140 valence electrons. The molecule has 5 heteroatoms. The molecule has 1 atom stereocenters. The summed E-state index contributed by atoms with van der Waals surface area (Å²) in [4.78, 5) is 17.4. The fourth-order valence-electron chi connectivity index (χ4n) is 3.17. The molecule has 1 aromatic rings. The van der Waals surface area contributed by atoms with Crippen LogP contribution in [-0.2, 0) is 4.79 Å². The van der Waals surface area contributed by atoms with E-state index in [2.05, 4.69) is 24.1 Å². The van der Waals surface area contributed by atoms with Crippen LogP contribution < -0.4 is 10.1 Å². The van der Waals surface area contributed by atoms with Crippen molar-refractivity contribution in [3.05, 3.63) is 29.8 Å². The monoisotopic (exact) mass is 347 g/mol. The molecule has 0 saturated carbocycles. The van der Waals surface area contributed by atoms with E-state index in [0.717, 1.165) is 50.6 Å². The summed E-state index contributed by atoms with van der Waals surface area (Å²) in [6, 6.07) is 7.86. The summed E-state index contributed by atoms with van der Waals surface area (Å²) in [7, 11) is 0. The Morgan fingerprint density at radius 2 is 1.76 bits per heavy atom. The maximum absolute atomic E-state index is 13.1. The van der Waals surface area contributed by atoms with Gasteiger partial charge >= 0.3 is 0 Å². The number of hydrogen-bond acceptors (Lipinski definition) is 4. The van der Waals surface area contributed by atoms with E-state index in [1.54, 1.807) is 0 Å². The highest BCUT2D eigenvalue weighted by molar-refractivity contribution is 5.83. The molecule has 1 aromatic carbocycles. The summed E-state index contributed by atoms with van der Waals surface area (Å²) < 4.78 is 5.78. The van der Waals surface area contributed by atoms with E-state index in [0.29, 0.717) is 12.5 Å². The number of rotatable bonds is 8. The number of carbonyl (C=O) groups excluding carboxylic acids is 1. The van der Waals surface area contributed by atoms with Crippen molar-refractivity contribution in [3.63, 3.8) is 0 Å². The van der Waals surface area contributed by atoms with Gasteiger partial charge in [-0.15, -0.1) is 0 Å². The minimum atomic E-state index is -0.207. The van der Waals surface area contributed by atoms with Gasteiger partial charge in [0.2, 0.25) is 5.91 Å². The Balaban J connectivity index is 2.20. The van der Waals surface area contributed by atoms with Gasteiger partial charge in [0, 0.05) is 39.3 Å². The molecule has 0 bridgehead atoms. The molecule has 5 nitrogen and oxygen atoms in total. The first-order valence-corrected chi connectivity index (χ1v) is 9.53. The molecular formula is C20H33N3O2. The Labute approximate surface area is 152 Å². The van der Waals surface area contributed by atoms with Crippen molar-refractivity contribution in [1.82, 2.24) is 15.1 Å². The van der Waals surface area contributed by atoms with Gasteiger partial charge in [-0.1, -0.05) is 26.0 Å². The van der Waals surface area contributed by atoms with E-state index in [1.807, 2.05) is 43.0 Å². The van der Waals surface area contributed by atoms with E-state index in [4.69, 9.17) is 4.74 Å². The largest absolute Gasteiger partial charge is 0.493 e. The van der Waals surface area contributed by atoms with Crippen LogP contribution in [0.4, 0.5) is 0 Å². The maximum Gasteiger partial charge on any atom is 0.244 e. The smallest absolute Gasteiger partial charge is 0.244 e. The SMILES string of the molecule is CCN(CC)C(=O)C(c1ccc(OCC(C)C)cc1)N1CCNCC1. The van der Waals surface area contributed by atoms with Crippen molar-refractivity contribution in [1.29, 1.82) is 0 Å². The first-order chi connectivity index (χ1) is 12.1. The van der Waals surface area contributed by atoms with E-state index in [-0.39, 0.29) is 11.9 Å². The molecule has 1 saturated heterocycles. The maximum atomic E-state index is 13.1. The second-order valence-electron chi connectivity index (χ2n) is 6.97. The van der Waals surface area contributed by atoms with Gasteiger partial charge in [0.15, 0.2) is 0 Å². The first kappa shape index (κ1) is 19.7. The van der Waals surface area contributed by atoms with E-state index < -0.39 is 0 Å². The Hall–Kier alpha value is -1.59. The fourth-order valence-corrected chi connectivity index (χ4v) is 3.17. The molecule has 25 heavy (non-hydrogen) atoms. The lowest BCUT2D eigenvalue weighted by Gasteiger charge is -2.36. The van der Waals surface area contributed by atoms with Crippen molar-refractivity contribution < 1.29 is 9.53 Å². The Kier molecular flexibility index (Phi) is 7.72. The number of hydrogen-bond donors (Lipinski definition) is 1. The number of carbonyl (C=O) groups is 1. The molecule has 2 rings (SSSR count). The number of likely N-dealkylation sites (N-methyl/N-ethyl adjacent to an activating group) is 1. The van der Waals surface area contributed by atoms with Crippen LogP contribution in [0.5, 0.6) is 5.75 Å². The lowest BCUT2D eigenvalue weighted by atomic mass is 10.0. The van der Waals surface area contributed by atoms with Gasteiger partial charge in [-0.05, 0) is 37.5 Å². The first-order valence-electron chi connectivity index (χ1n) is 9.53. The molecule has 0 radical (unpaired) electrons. The van der Waals surface area contributed by atoms with Crippen molar-refractivity contribution in [2.75, 3.05) is 45.9 Å². The zero-order valence-electron chi connectivity index (χ0n) is 16.1. The third-order valence-corrected chi connectivity index (χ3v) is 4.60. The molecular weight excluding hydrogens is 314 g/mol. The number of nitrogens with one attached hydrogen (secondary N) is 1. The number of ether oxygens (including phenoxy) is 1. The second kappa shape index (κ2) is 9.78. The van der Waals surface area contributed by atoms with Gasteiger partial charge in [-0.3, -0.25) is 9.69 Å². The Morgan fingerprint density at radius 1 is 1.16 bits per heavy atom. The third kappa shape index (κ3) is 5.44. The highest BCUT2D eigenvalue weighted by Crippen LogP contribution is 2.26. The fraction of sp³-hybridized carbons (Fsp3) is 0.650. The van der Waals surface area contributed by atoms with Gasteiger partial charge in [-0.25, -0.2) is 0 Å². The molecule has 1 amide bonds. The Bertz CT molecular complexity index is 520. The predicted molar refractivity (Wildman–Crippen MR) is 102 cm³/mol. The molecule has 0 spiro atoms. The molecule has 0 aromatic heterocycles. The summed E-state index contributed by atoms with van der Waals surface area (Å²) in [6.45, 7) is 14.2. The average Bonchev–Trinajstić information content (AvgIpc) is 2.63. The highest BCUT2D eigenvalue weighted by atomic mass is 16.5. The van der Waals surface area contributed by atoms with Gasteiger partial charge in [0.25, 0.3) is 0 Å². The van der Waals surface area contributed by atoms with Crippen LogP contribution in [0.2, 0.25) is 0 Å². The van der Waals surface area contributed by atoms with E-state index in [9.17, 15) is 4.79 Å². The van der Waals surface area contributed by atoms with Crippen molar-refractivity contribution in [3.8, 4) is 5.75 Å². The minimum Gasteiger partial charge on any atom is -0.493 e. The predicted octanol–water partition coefficient (Wildman–Crippen LogP) is 2.54. The minimum absolute atomic E-state index is 0.197. The molecule has 1 aliphatic heterocycles. The van der Waals surface area contributed by atoms with Crippen LogP contribution in [0.3, 0.4) is 0 Å². The zero-order valence-corrected chi connectivity index (χ0v) is 16.1. The second-order valence-corrected chi connectivity index (χ2v) is 6.97. The third-order valence-electron chi connectivity index (χ3n) is 4.60. The zero-order chi connectivity index (χ0) is 18.2. The summed E-state index contributed by atoms with van der Waals surface area (Å²) in [5.74, 6) is 1.56. The Morgan fingerprint density at radius 3 is 2.28 bits per heavy atom. The summed E-state index contributed by atoms with van der Waals surface area (Å²) in [6.07, 6.45) is 0. The van der Waals surface area contributed by atoms with Crippen LogP contribution in [-0.4, -0.2) is 61.6 Å². The quantitative estimate of drug-likeness (QED) is 0.785. The van der Waals surface area contributed by atoms with Crippen LogP contribution in [0.25, 0.3) is 0 Å². The normalized spacial score (nSPS) is 16.7. The van der Waals surface area contributed by atoms with Gasteiger partial charge < -0.3 is 15.0 Å². The number of nitrogens with zero attached hydrogens (tertiary/aromatic N) is 2. The van der Waals surface area contributed by atoms with E-state index in [1.165, 1.54) is 0 Å². The van der Waals surface area contributed by atoms with Crippen LogP contribution in [0.1, 0.15) is 39.3 Å². The van der Waals surface area contributed by atoms with E-state index >= 15 is 0 Å². The molecule has 1 unspecified atom stereocenters. The lowest BCUT2D eigenvalue weighted by molar-refractivity contribution is -0.137. The summed E-state index contributed by atoms with van der Waals surface area (Å²) >= 11 is 0. The van der Waals surface area contributed by atoms with Crippen LogP contribution in [0.15, 0.2) is 24.3 Å². The summed E-state index contributed by atoms with van der Waals surface area (Å²) in [5, 5.41) is 3.37.